The van der Waals surface area contributed by atoms with Gasteiger partial charge in [-0.05, 0) is 48.9 Å². The van der Waals surface area contributed by atoms with Crippen molar-refractivity contribution < 1.29 is 32.2 Å². The Bertz CT molecular complexity index is 946. The van der Waals surface area contributed by atoms with Gasteiger partial charge in [0.2, 0.25) is 15.9 Å². The fourth-order valence-corrected chi connectivity index (χ4v) is 3.54. The predicted molar refractivity (Wildman–Crippen MR) is 103 cm³/mol. The molecule has 0 saturated heterocycles. The highest BCUT2D eigenvalue weighted by Gasteiger charge is 2.25. The second kappa shape index (κ2) is 10.1. The zero-order valence-electron chi connectivity index (χ0n) is 15.6. The maximum atomic E-state index is 13.0. The molecule has 0 heterocycles. The van der Waals surface area contributed by atoms with Crippen LogP contribution < -0.4 is 10.0 Å². The van der Waals surface area contributed by atoms with Gasteiger partial charge in [-0.15, -0.1) is 0 Å². The minimum absolute atomic E-state index is 0.0821. The molecule has 0 unspecified atom stereocenters. The summed E-state index contributed by atoms with van der Waals surface area (Å²) in [5.74, 6) is -1.76. The third kappa shape index (κ3) is 6.63. The van der Waals surface area contributed by atoms with Crippen LogP contribution in [-0.4, -0.2) is 44.7 Å². The van der Waals surface area contributed by atoms with E-state index in [-0.39, 0.29) is 23.9 Å². The van der Waals surface area contributed by atoms with Gasteiger partial charge < -0.3 is 15.2 Å². The molecule has 2 rings (SSSR count). The smallest absolute Gasteiger partial charge is 0.310 e. The van der Waals surface area contributed by atoms with Crippen LogP contribution in [-0.2, 0) is 30.8 Å². The molecule has 2 aromatic rings. The Morgan fingerprint density at radius 2 is 1.72 bits per heavy atom. The van der Waals surface area contributed by atoms with E-state index in [0.29, 0.717) is 11.3 Å². The molecule has 8 nitrogen and oxygen atoms in total. The predicted octanol–water partition coefficient (Wildman–Crippen LogP) is 1.21. The zero-order chi connectivity index (χ0) is 21.4. The lowest BCUT2D eigenvalue weighted by Gasteiger charge is -2.16. The van der Waals surface area contributed by atoms with Crippen LogP contribution in [0.4, 0.5) is 10.1 Å². The number of anilines is 1. The molecule has 2 aromatic carbocycles. The summed E-state index contributed by atoms with van der Waals surface area (Å²) in [6, 6.07) is 8.89. The van der Waals surface area contributed by atoms with E-state index in [9.17, 15) is 27.5 Å². The van der Waals surface area contributed by atoms with Crippen molar-refractivity contribution in [1.29, 1.82) is 0 Å². The van der Waals surface area contributed by atoms with Crippen molar-refractivity contribution in [2.45, 2.75) is 24.3 Å². The molecule has 0 aliphatic carbocycles. The van der Waals surface area contributed by atoms with Crippen LogP contribution in [0.3, 0.4) is 0 Å². The number of ether oxygens (including phenoxy) is 1. The number of carbonyl (C=O) groups excluding carboxylic acids is 2. The Morgan fingerprint density at radius 3 is 2.28 bits per heavy atom. The van der Waals surface area contributed by atoms with E-state index in [4.69, 9.17) is 4.74 Å². The number of nitrogens with one attached hydrogen (secondary N) is 2. The first-order chi connectivity index (χ1) is 13.7. The van der Waals surface area contributed by atoms with Gasteiger partial charge in [0, 0.05) is 5.69 Å². The molecule has 0 aromatic heterocycles. The maximum Gasteiger partial charge on any atom is 0.310 e. The van der Waals surface area contributed by atoms with Crippen LogP contribution in [0.25, 0.3) is 0 Å². The number of halogens is 1. The van der Waals surface area contributed by atoms with Crippen molar-refractivity contribution in [2.24, 2.45) is 0 Å². The van der Waals surface area contributed by atoms with Gasteiger partial charge in [0.25, 0.3) is 0 Å². The van der Waals surface area contributed by atoms with Gasteiger partial charge in [-0.1, -0.05) is 12.1 Å². The Labute approximate surface area is 167 Å². The standard InChI is InChI=1S/C19H21FN2O6S/c1-2-28-18(24)11-13-3-7-15(8-4-13)21-19(25)17(12-23)22-29(26,27)16-9-5-14(20)6-10-16/h3-10,17,22-23H,2,11-12H2,1H3,(H,21,25)/t17-/m0/s1. The molecule has 0 aliphatic heterocycles. The average molecular weight is 424 g/mol. The molecule has 0 fully saturated rings. The number of sulfonamides is 1. The molecule has 29 heavy (non-hydrogen) atoms. The first kappa shape index (κ1) is 22.5. The molecule has 1 amide bonds. The number of rotatable bonds is 9. The highest BCUT2D eigenvalue weighted by molar-refractivity contribution is 7.89. The summed E-state index contributed by atoms with van der Waals surface area (Å²) in [5.41, 5.74) is 1.03. The van der Waals surface area contributed by atoms with Gasteiger partial charge in [0.15, 0.2) is 0 Å². The third-order valence-electron chi connectivity index (χ3n) is 3.80. The van der Waals surface area contributed by atoms with Crippen LogP contribution in [0.2, 0.25) is 0 Å². The number of hydrogen-bond donors (Lipinski definition) is 3. The fourth-order valence-electron chi connectivity index (χ4n) is 2.36. The summed E-state index contributed by atoms with van der Waals surface area (Å²) in [6.45, 7) is 1.20. The van der Waals surface area contributed by atoms with Gasteiger partial charge in [-0.2, -0.15) is 4.72 Å². The zero-order valence-corrected chi connectivity index (χ0v) is 16.4. The van der Waals surface area contributed by atoms with Crippen molar-refractivity contribution in [3.05, 3.63) is 59.9 Å². The Kier molecular flexibility index (Phi) is 7.82. The molecular weight excluding hydrogens is 403 g/mol. The van der Waals surface area contributed by atoms with E-state index in [2.05, 4.69) is 10.0 Å². The quantitative estimate of drug-likeness (QED) is 0.520. The van der Waals surface area contributed by atoms with E-state index < -0.39 is 34.4 Å². The molecule has 10 heteroatoms. The van der Waals surface area contributed by atoms with Crippen LogP contribution in [0.5, 0.6) is 0 Å². The highest BCUT2D eigenvalue weighted by atomic mass is 32.2. The molecule has 0 spiro atoms. The Morgan fingerprint density at radius 1 is 1.10 bits per heavy atom. The monoisotopic (exact) mass is 424 g/mol. The van der Waals surface area contributed by atoms with E-state index in [1.807, 2.05) is 0 Å². The van der Waals surface area contributed by atoms with Gasteiger partial charge in [-0.25, -0.2) is 12.8 Å². The van der Waals surface area contributed by atoms with Crippen LogP contribution in [0, 0.1) is 5.82 Å². The average Bonchev–Trinajstić information content (AvgIpc) is 2.68. The topological polar surface area (TPSA) is 122 Å². The summed E-state index contributed by atoms with van der Waals surface area (Å²) in [7, 11) is -4.14. The highest BCUT2D eigenvalue weighted by Crippen LogP contribution is 2.13. The van der Waals surface area contributed by atoms with Crippen LogP contribution in [0.1, 0.15) is 12.5 Å². The first-order valence-electron chi connectivity index (χ1n) is 8.69. The molecule has 3 N–H and O–H groups in total. The lowest BCUT2D eigenvalue weighted by molar-refractivity contribution is -0.142. The van der Waals surface area contributed by atoms with E-state index in [1.54, 1.807) is 19.1 Å². The summed E-state index contributed by atoms with van der Waals surface area (Å²) in [4.78, 5) is 23.5. The number of aliphatic hydroxyl groups excluding tert-OH is 1. The number of amides is 1. The van der Waals surface area contributed by atoms with Crippen molar-refractivity contribution in [2.75, 3.05) is 18.5 Å². The fraction of sp³-hybridized carbons (Fsp3) is 0.263. The van der Waals surface area contributed by atoms with Gasteiger partial charge in [-0.3, -0.25) is 9.59 Å². The van der Waals surface area contributed by atoms with Crippen LogP contribution in [0.15, 0.2) is 53.4 Å². The second-order valence-electron chi connectivity index (χ2n) is 5.98. The number of benzene rings is 2. The number of esters is 1. The summed E-state index contributed by atoms with van der Waals surface area (Å²) in [6.07, 6.45) is 0.0821. The van der Waals surface area contributed by atoms with Gasteiger partial charge >= 0.3 is 5.97 Å². The van der Waals surface area contributed by atoms with Crippen molar-refractivity contribution in [3.63, 3.8) is 0 Å². The molecule has 0 saturated carbocycles. The lowest BCUT2D eigenvalue weighted by Crippen LogP contribution is -2.46. The first-order valence-corrected chi connectivity index (χ1v) is 10.2. The van der Waals surface area contributed by atoms with Crippen LogP contribution >= 0.6 is 0 Å². The van der Waals surface area contributed by atoms with Gasteiger partial charge in [0.1, 0.15) is 11.9 Å². The number of aliphatic hydroxyl groups is 1. The second-order valence-corrected chi connectivity index (χ2v) is 7.69. The summed E-state index contributed by atoms with van der Waals surface area (Å²) < 4.78 is 44.5. The van der Waals surface area contributed by atoms with Crippen molar-refractivity contribution >= 4 is 27.6 Å². The SMILES string of the molecule is CCOC(=O)Cc1ccc(NC(=O)[C@H](CO)NS(=O)(=O)c2ccc(F)cc2)cc1. The molecular formula is C19H21FN2O6S. The largest absolute Gasteiger partial charge is 0.466 e. The molecule has 1 atom stereocenters. The molecule has 0 aliphatic rings. The minimum atomic E-state index is -4.14. The Hall–Kier alpha value is -2.82. The Balaban J connectivity index is 2.02. The van der Waals surface area contributed by atoms with Crippen molar-refractivity contribution in [3.8, 4) is 0 Å². The van der Waals surface area contributed by atoms with E-state index in [1.165, 1.54) is 12.1 Å². The molecule has 0 bridgehead atoms. The van der Waals surface area contributed by atoms with Crippen molar-refractivity contribution in [1.82, 2.24) is 4.72 Å². The maximum absolute atomic E-state index is 13.0. The lowest BCUT2D eigenvalue weighted by atomic mass is 10.1. The normalized spacial score (nSPS) is 12.2. The molecule has 156 valence electrons. The summed E-state index contributed by atoms with van der Waals surface area (Å²) >= 11 is 0. The number of hydrogen-bond acceptors (Lipinski definition) is 6. The van der Waals surface area contributed by atoms with E-state index >= 15 is 0 Å². The minimum Gasteiger partial charge on any atom is -0.466 e. The third-order valence-corrected chi connectivity index (χ3v) is 5.28. The molecule has 0 radical (unpaired) electrons. The van der Waals surface area contributed by atoms with Gasteiger partial charge in [0.05, 0.1) is 24.5 Å². The number of carbonyl (C=O) groups is 2. The summed E-state index contributed by atoms with van der Waals surface area (Å²) in [5, 5.41) is 11.9. The van der Waals surface area contributed by atoms with E-state index in [0.717, 1.165) is 24.3 Å².